The van der Waals surface area contributed by atoms with Crippen molar-refractivity contribution in [3.8, 4) is 22.3 Å². The fourth-order valence-corrected chi connectivity index (χ4v) is 6.42. The third kappa shape index (κ3) is 2.20. The minimum absolute atomic E-state index is 0.942. The number of hydrogen-bond acceptors (Lipinski definition) is 3. The largest absolute Gasteiger partial charge is 0.290 e. The van der Waals surface area contributed by atoms with Gasteiger partial charge in [0.15, 0.2) is 0 Å². The second kappa shape index (κ2) is 6.10. The molecule has 35 heavy (non-hydrogen) atoms. The van der Waals surface area contributed by atoms with E-state index in [0.29, 0.717) is 0 Å². The maximum Gasteiger partial charge on any atom is 0.147 e. The zero-order valence-electron chi connectivity index (χ0n) is 18.8. The predicted molar refractivity (Wildman–Crippen MR) is 140 cm³/mol. The molecule has 0 saturated heterocycles. The quantitative estimate of drug-likeness (QED) is 0.243. The fourth-order valence-electron chi connectivity index (χ4n) is 6.42. The van der Waals surface area contributed by atoms with Crippen molar-refractivity contribution in [1.82, 2.24) is 19.4 Å². The molecular formula is C31H18N4. The van der Waals surface area contributed by atoms with Crippen molar-refractivity contribution in [2.24, 2.45) is 0 Å². The van der Waals surface area contributed by atoms with Crippen LogP contribution < -0.4 is 0 Å². The molecular weight excluding hydrogens is 428 g/mol. The number of pyridine rings is 3. The van der Waals surface area contributed by atoms with Gasteiger partial charge in [0.25, 0.3) is 0 Å². The second-order valence-corrected chi connectivity index (χ2v) is 9.76. The van der Waals surface area contributed by atoms with Crippen LogP contribution in [0.15, 0.2) is 85.5 Å². The number of aromatic nitrogens is 4. The monoisotopic (exact) mass is 446 g/mol. The van der Waals surface area contributed by atoms with E-state index in [4.69, 9.17) is 4.98 Å². The van der Waals surface area contributed by atoms with Gasteiger partial charge in [-0.05, 0) is 99.1 Å². The van der Waals surface area contributed by atoms with Crippen molar-refractivity contribution in [3.05, 3.63) is 108 Å². The van der Waals surface area contributed by atoms with Crippen LogP contribution in [0, 0.1) is 0 Å². The van der Waals surface area contributed by atoms with Crippen LogP contribution in [0.5, 0.6) is 0 Å². The molecule has 4 nitrogen and oxygen atoms in total. The van der Waals surface area contributed by atoms with Crippen LogP contribution in [0.4, 0.5) is 0 Å². The van der Waals surface area contributed by atoms with Crippen molar-refractivity contribution < 1.29 is 0 Å². The summed E-state index contributed by atoms with van der Waals surface area (Å²) in [5.74, 6) is 0. The summed E-state index contributed by atoms with van der Waals surface area (Å²) < 4.78 is 2.27. The van der Waals surface area contributed by atoms with E-state index >= 15 is 0 Å². The number of rotatable bonds is 0. The molecule has 0 spiro atoms. The van der Waals surface area contributed by atoms with Gasteiger partial charge in [-0.15, -0.1) is 0 Å². The van der Waals surface area contributed by atoms with E-state index < -0.39 is 0 Å². The molecule has 4 heterocycles. The number of nitrogens with zero attached hydrogens (tertiary/aromatic N) is 4. The minimum atomic E-state index is 0.942. The molecule has 0 N–H and O–H groups in total. The Balaban J connectivity index is 1.35. The lowest BCUT2D eigenvalue weighted by atomic mass is 9.98. The molecule has 2 aliphatic carbocycles. The van der Waals surface area contributed by atoms with E-state index in [9.17, 15) is 0 Å². The van der Waals surface area contributed by atoms with Crippen LogP contribution in [0.3, 0.4) is 0 Å². The van der Waals surface area contributed by atoms with Gasteiger partial charge in [0.2, 0.25) is 0 Å². The Morgan fingerprint density at radius 3 is 2.20 bits per heavy atom. The Morgan fingerprint density at radius 1 is 0.571 bits per heavy atom. The molecule has 7 aromatic rings. The maximum atomic E-state index is 5.12. The van der Waals surface area contributed by atoms with Gasteiger partial charge in [-0.1, -0.05) is 24.3 Å². The van der Waals surface area contributed by atoms with E-state index in [1.807, 2.05) is 24.8 Å². The van der Waals surface area contributed by atoms with Crippen molar-refractivity contribution >= 4 is 38.4 Å². The van der Waals surface area contributed by atoms with Gasteiger partial charge in [-0.3, -0.25) is 14.4 Å². The molecule has 3 aromatic carbocycles. The maximum absolute atomic E-state index is 5.12. The highest BCUT2D eigenvalue weighted by Gasteiger charge is 2.26. The molecule has 4 aromatic heterocycles. The molecule has 0 saturated carbocycles. The van der Waals surface area contributed by atoms with Crippen LogP contribution in [-0.2, 0) is 12.8 Å². The summed E-state index contributed by atoms with van der Waals surface area (Å²) >= 11 is 0. The lowest BCUT2D eigenvalue weighted by molar-refractivity contribution is 1.24. The highest BCUT2D eigenvalue weighted by Crippen LogP contribution is 2.46. The van der Waals surface area contributed by atoms with Gasteiger partial charge in [0.05, 0.1) is 22.7 Å². The molecule has 9 rings (SSSR count). The molecule has 0 radical (unpaired) electrons. The van der Waals surface area contributed by atoms with Crippen LogP contribution in [0.25, 0.3) is 60.6 Å². The summed E-state index contributed by atoms with van der Waals surface area (Å²) in [6.07, 6.45) is 9.56. The number of hydrogen-bond donors (Lipinski definition) is 0. The molecule has 0 fully saturated rings. The summed E-state index contributed by atoms with van der Waals surface area (Å²) in [7, 11) is 0. The standard InChI is InChI=1S/C31H18N4/c1-2-4-21-17(3-1)9-18-12-25-19(11-24(18)21)10-20-13-28-29(14-26(20)25)35-30-16-33-8-6-23(30)22-5-7-32-15-27(22)31(35)34-28/h1-8,11-16H,9-10H2. The molecule has 0 amide bonds. The van der Waals surface area contributed by atoms with E-state index in [-0.39, 0.29) is 0 Å². The van der Waals surface area contributed by atoms with Gasteiger partial charge >= 0.3 is 0 Å². The lowest BCUT2D eigenvalue weighted by Gasteiger charge is -2.09. The predicted octanol–water partition coefficient (Wildman–Crippen LogP) is 6.73. The third-order valence-corrected chi connectivity index (χ3v) is 7.96. The first-order chi connectivity index (χ1) is 17.3. The molecule has 2 aliphatic rings. The second-order valence-electron chi connectivity index (χ2n) is 9.76. The number of imidazole rings is 1. The highest BCUT2D eigenvalue weighted by molar-refractivity contribution is 6.13. The molecule has 0 aliphatic heterocycles. The fraction of sp³-hybridized carbons (Fsp3) is 0.0645. The number of benzene rings is 3. The smallest absolute Gasteiger partial charge is 0.147 e. The zero-order valence-corrected chi connectivity index (χ0v) is 18.8. The summed E-state index contributed by atoms with van der Waals surface area (Å²) in [5, 5.41) is 3.40. The molecule has 0 unspecified atom stereocenters. The van der Waals surface area contributed by atoms with E-state index in [1.54, 1.807) is 0 Å². The first-order valence-electron chi connectivity index (χ1n) is 12.0. The third-order valence-electron chi connectivity index (χ3n) is 7.96. The van der Waals surface area contributed by atoms with Gasteiger partial charge in [-0.2, -0.15) is 0 Å². The van der Waals surface area contributed by atoms with Gasteiger partial charge < -0.3 is 0 Å². The Kier molecular flexibility index (Phi) is 3.11. The van der Waals surface area contributed by atoms with E-state index in [2.05, 4.69) is 75.0 Å². The first kappa shape index (κ1) is 17.8. The Bertz CT molecular complexity index is 2070. The molecule has 4 heteroatoms. The van der Waals surface area contributed by atoms with E-state index in [0.717, 1.165) is 45.8 Å². The van der Waals surface area contributed by atoms with Crippen molar-refractivity contribution in [2.75, 3.05) is 0 Å². The SMILES string of the molecule is c1ccc2c(c1)Cc1cc3c(cc1-2)Cc1cc2nc4c5cnccc5c5ccncc5n4c2cc1-3. The normalized spacial score (nSPS) is 13.5. The van der Waals surface area contributed by atoms with Crippen LogP contribution in [0.1, 0.15) is 22.3 Å². The van der Waals surface area contributed by atoms with Gasteiger partial charge in [-0.25, -0.2) is 4.98 Å². The Labute approximate surface area is 200 Å². The summed E-state index contributed by atoms with van der Waals surface area (Å²) in [6.45, 7) is 0. The minimum Gasteiger partial charge on any atom is -0.290 e. The Hall–Kier alpha value is -4.57. The lowest BCUT2D eigenvalue weighted by Crippen LogP contribution is -1.93. The zero-order chi connectivity index (χ0) is 22.7. The summed E-state index contributed by atoms with van der Waals surface area (Å²) in [6, 6.07) is 22.5. The van der Waals surface area contributed by atoms with Crippen molar-refractivity contribution in [3.63, 3.8) is 0 Å². The van der Waals surface area contributed by atoms with E-state index in [1.165, 1.54) is 49.9 Å². The van der Waals surface area contributed by atoms with Gasteiger partial charge in [0.1, 0.15) is 5.65 Å². The van der Waals surface area contributed by atoms with Crippen LogP contribution in [0.2, 0.25) is 0 Å². The van der Waals surface area contributed by atoms with Crippen molar-refractivity contribution in [2.45, 2.75) is 12.8 Å². The highest BCUT2D eigenvalue weighted by atomic mass is 15.0. The average Bonchev–Trinajstić information content (AvgIpc) is 3.56. The summed E-state index contributed by atoms with van der Waals surface area (Å²) in [4.78, 5) is 14.0. The number of fused-ring (bicyclic) bond motifs is 14. The molecule has 162 valence electrons. The Morgan fingerprint density at radius 2 is 1.29 bits per heavy atom. The molecule has 0 bridgehead atoms. The molecule has 0 atom stereocenters. The van der Waals surface area contributed by atoms with Crippen molar-refractivity contribution in [1.29, 1.82) is 0 Å². The average molecular weight is 447 g/mol. The van der Waals surface area contributed by atoms with Crippen LogP contribution >= 0.6 is 0 Å². The van der Waals surface area contributed by atoms with Crippen LogP contribution in [-0.4, -0.2) is 19.4 Å². The topological polar surface area (TPSA) is 43.1 Å². The summed E-state index contributed by atoms with van der Waals surface area (Å²) in [5.41, 5.74) is 15.3. The van der Waals surface area contributed by atoms with Gasteiger partial charge in [0, 0.05) is 29.4 Å². The first-order valence-corrected chi connectivity index (χ1v) is 12.0.